The Labute approximate surface area is 133 Å². The molecule has 0 aliphatic carbocycles. The number of nitrogens with zero attached hydrogens (tertiary/aromatic N) is 4. The molecule has 2 aromatic heterocycles. The van der Waals surface area contributed by atoms with Crippen LogP contribution in [-0.2, 0) is 0 Å². The van der Waals surface area contributed by atoms with Crippen LogP contribution in [0.4, 0.5) is 11.1 Å². The Balaban J connectivity index is 1.52. The van der Waals surface area contributed by atoms with Gasteiger partial charge in [0.05, 0.1) is 16.7 Å². The molecule has 0 saturated carbocycles. The number of hydrogen-bond acceptors (Lipinski definition) is 5. The molecule has 1 aliphatic heterocycles. The van der Waals surface area contributed by atoms with Crippen molar-refractivity contribution >= 4 is 33.5 Å². The first-order valence-corrected chi connectivity index (χ1v) is 8.54. The molecule has 0 radical (unpaired) electrons. The highest BCUT2D eigenvalue weighted by atomic mass is 32.1. The number of thiazole rings is 1. The van der Waals surface area contributed by atoms with Gasteiger partial charge >= 0.3 is 0 Å². The summed E-state index contributed by atoms with van der Waals surface area (Å²) in [5.41, 5.74) is 3.25. The number of imidazole rings is 1. The maximum atomic E-state index is 4.72. The first-order chi connectivity index (χ1) is 10.8. The van der Waals surface area contributed by atoms with E-state index in [-0.39, 0.29) is 0 Å². The molecule has 1 aliphatic rings. The van der Waals surface area contributed by atoms with Crippen molar-refractivity contribution in [1.82, 2.24) is 15.0 Å². The van der Waals surface area contributed by atoms with Crippen molar-refractivity contribution < 1.29 is 0 Å². The Hall–Kier alpha value is -2.08. The van der Waals surface area contributed by atoms with Crippen LogP contribution in [0.5, 0.6) is 0 Å². The molecule has 0 atom stereocenters. The van der Waals surface area contributed by atoms with Crippen molar-refractivity contribution in [2.75, 3.05) is 36.0 Å². The lowest BCUT2D eigenvalue weighted by Crippen LogP contribution is -2.31. The van der Waals surface area contributed by atoms with E-state index in [2.05, 4.69) is 44.2 Å². The van der Waals surface area contributed by atoms with Crippen molar-refractivity contribution in [3.8, 4) is 0 Å². The Morgan fingerprint density at radius 1 is 1.05 bits per heavy atom. The fraction of sp³-hybridized carbons (Fsp3) is 0.375. The summed E-state index contributed by atoms with van der Waals surface area (Å²) >= 11 is 1.74. The predicted molar refractivity (Wildman–Crippen MR) is 92.0 cm³/mol. The van der Waals surface area contributed by atoms with Crippen molar-refractivity contribution in [3.63, 3.8) is 0 Å². The minimum absolute atomic E-state index is 0.971. The molecule has 3 heterocycles. The summed E-state index contributed by atoms with van der Waals surface area (Å²) < 4.78 is 0. The number of hydrogen-bond donors (Lipinski definition) is 1. The average molecular weight is 313 g/mol. The van der Waals surface area contributed by atoms with Crippen LogP contribution in [0.25, 0.3) is 11.0 Å². The van der Waals surface area contributed by atoms with E-state index in [1.54, 1.807) is 11.3 Å². The van der Waals surface area contributed by atoms with Gasteiger partial charge in [-0.2, -0.15) is 0 Å². The molecule has 0 bridgehead atoms. The molecule has 114 valence electrons. The molecule has 0 spiro atoms. The lowest BCUT2D eigenvalue weighted by atomic mass is 10.3. The van der Waals surface area contributed by atoms with Crippen LogP contribution in [0.2, 0.25) is 0 Å². The average Bonchev–Trinajstić information content (AvgIpc) is 3.07. The zero-order valence-electron chi connectivity index (χ0n) is 12.6. The third-order valence-electron chi connectivity index (χ3n) is 4.05. The number of H-pyrrole nitrogens is 1. The summed E-state index contributed by atoms with van der Waals surface area (Å²) in [5.74, 6) is 0.985. The number of rotatable bonds is 2. The van der Waals surface area contributed by atoms with Crippen LogP contribution in [0.15, 0.2) is 29.6 Å². The summed E-state index contributed by atoms with van der Waals surface area (Å²) in [6, 6.07) is 8.20. The van der Waals surface area contributed by atoms with Gasteiger partial charge in [-0.05, 0) is 25.5 Å². The van der Waals surface area contributed by atoms with Crippen LogP contribution < -0.4 is 9.80 Å². The second kappa shape index (κ2) is 5.61. The van der Waals surface area contributed by atoms with Gasteiger partial charge in [-0.1, -0.05) is 12.1 Å². The molecular weight excluding hydrogens is 294 g/mol. The number of aromatic nitrogens is 3. The Bertz CT molecular complexity index is 745. The maximum Gasteiger partial charge on any atom is 0.203 e. The zero-order chi connectivity index (χ0) is 14.9. The van der Waals surface area contributed by atoms with Gasteiger partial charge in [-0.15, -0.1) is 11.3 Å². The van der Waals surface area contributed by atoms with Crippen molar-refractivity contribution in [2.24, 2.45) is 0 Å². The van der Waals surface area contributed by atoms with E-state index < -0.39 is 0 Å². The van der Waals surface area contributed by atoms with E-state index in [1.807, 2.05) is 12.1 Å². The Morgan fingerprint density at radius 2 is 1.86 bits per heavy atom. The highest BCUT2D eigenvalue weighted by Gasteiger charge is 2.19. The minimum Gasteiger partial charge on any atom is -0.346 e. The molecule has 6 heteroatoms. The van der Waals surface area contributed by atoms with Gasteiger partial charge in [-0.25, -0.2) is 9.97 Å². The van der Waals surface area contributed by atoms with Crippen molar-refractivity contribution in [1.29, 1.82) is 0 Å². The normalized spacial score (nSPS) is 16.2. The molecule has 22 heavy (non-hydrogen) atoms. The van der Waals surface area contributed by atoms with E-state index >= 15 is 0 Å². The van der Waals surface area contributed by atoms with Gasteiger partial charge in [0, 0.05) is 31.6 Å². The van der Waals surface area contributed by atoms with Gasteiger partial charge in [0.2, 0.25) is 5.95 Å². The number of anilines is 2. The fourth-order valence-corrected chi connectivity index (χ4v) is 3.75. The third-order valence-corrected chi connectivity index (χ3v) is 5.07. The summed E-state index contributed by atoms with van der Waals surface area (Å²) in [6.07, 6.45) is 1.12. The first kappa shape index (κ1) is 13.6. The van der Waals surface area contributed by atoms with Gasteiger partial charge in [0.1, 0.15) is 0 Å². The third kappa shape index (κ3) is 2.54. The lowest BCUT2D eigenvalue weighted by Gasteiger charge is -2.21. The number of benzene rings is 1. The van der Waals surface area contributed by atoms with E-state index in [0.717, 1.165) is 60.4 Å². The van der Waals surface area contributed by atoms with E-state index in [0.29, 0.717) is 0 Å². The van der Waals surface area contributed by atoms with Crippen LogP contribution >= 0.6 is 11.3 Å². The topological polar surface area (TPSA) is 48.0 Å². The molecule has 1 saturated heterocycles. The van der Waals surface area contributed by atoms with Crippen LogP contribution in [0.3, 0.4) is 0 Å². The fourth-order valence-electron chi connectivity index (χ4n) is 2.90. The van der Waals surface area contributed by atoms with Crippen LogP contribution in [0.1, 0.15) is 12.1 Å². The summed E-state index contributed by atoms with van der Waals surface area (Å²) in [4.78, 5) is 17.5. The van der Waals surface area contributed by atoms with Gasteiger partial charge < -0.3 is 14.8 Å². The molecule has 0 unspecified atom stereocenters. The summed E-state index contributed by atoms with van der Waals surface area (Å²) in [5, 5.41) is 3.26. The van der Waals surface area contributed by atoms with Crippen molar-refractivity contribution in [3.05, 3.63) is 35.3 Å². The van der Waals surface area contributed by atoms with Crippen LogP contribution in [0, 0.1) is 6.92 Å². The monoisotopic (exact) mass is 313 g/mol. The van der Waals surface area contributed by atoms with E-state index in [1.165, 1.54) is 0 Å². The second-order valence-electron chi connectivity index (χ2n) is 5.68. The largest absolute Gasteiger partial charge is 0.346 e. The molecule has 5 nitrogen and oxygen atoms in total. The second-order valence-corrected chi connectivity index (χ2v) is 6.51. The van der Waals surface area contributed by atoms with E-state index in [4.69, 9.17) is 4.98 Å². The molecule has 1 aromatic carbocycles. The van der Waals surface area contributed by atoms with Gasteiger partial charge in [-0.3, -0.25) is 0 Å². The quantitative estimate of drug-likeness (QED) is 0.790. The standard InChI is InChI=1S/C16H19N5S/c1-12-11-22-16(17-12)21-8-4-7-20(9-10-21)15-18-13-5-2-3-6-14(13)19-15/h2-3,5-6,11H,4,7-10H2,1H3,(H,18,19). The molecule has 1 N–H and O–H groups in total. The predicted octanol–water partition coefficient (Wildman–Crippen LogP) is 3.04. The zero-order valence-corrected chi connectivity index (χ0v) is 13.4. The van der Waals surface area contributed by atoms with Gasteiger partial charge in [0.25, 0.3) is 0 Å². The van der Waals surface area contributed by atoms with Crippen molar-refractivity contribution in [2.45, 2.75) is 13.3 Å². The molecule has 3 aromatic rings. The molecular formula is C16H19N5S. The number of nitrogens with one attached hydrogen (secondary N) is 1. The molecule has 0 amide bonds. The van der Waals surface area contributed by atoms with Gasteiger partial charge in [0.15, 0.2) is 5.13 Å². The smallest absolute Gasteiger partial charge is 0.203 e. The number of para-hydroxylation sites is 2. The minimum atomic E-state index is 0.971. The van der Waals surface area contributed by atoms with Crippen LogP contribution in [-0.4, -0.2) is 41.1 Å². The summed E-state index contributed by atoms with van der Waals surface area (Å²) in [6.45, 7) is 6.10. The highest BCUT2D eigenvalue weighted by Crippen LogP contribution is 2.23. The lowest BCUT2D eigenvalue weighted by molar-refractivity contribution is 0.790. The van der Waals surface area contributed by atoms with E-state index in [9.17, 15) is 0 Å². The Morgan fingerprint density at radius 3 is 2.68 bits per heavy atom. The number of aromatic amines is 1. The Kier molecular flexibility index (Phi) is 3.46. The molecule has 1 fully saturated rings. The summed E-state index contributed by atoms with van der Waals surface area (Å²) in [7, 11) is 0. The number of aryl methyl sites for hydroxylation is 1. The SMILES string of the molecule is Cc1csc(N2CCCN(c3nc4ccccc4[nH]3)CC2)n1. The number of fused-ring (bicyclic) bond motifs is 1. The first-order valence-electron chi connectivity index (χ1n) is 7.66. The highest BCUT2D eigenvalue weighted by molar-refractivity contribution is 7.13. The molecule has 4 rings (SSSR count). The maximum absolute atomic E-state index is 4.72.